The van der Waals surface area contributed by atoms with E-state index >= 15 is 0 Å². The fraction of sp³-hybridized carbons (Fsp3) is 0.176. The lowest BCUT2D eigenvalue weighted by Crippen LogP contribution is -2.27. The van der Waals surface area contributed by atoms with Crippen molar-refractivity contribution in [3.8, 4) is 11.3 Å². The Hall–Kier alpha value is -2.62. The molecule has 0 spiro atoms. The van der Waals surface area contributed by atoms with Crippen molar-refractivity contribution in [1.29, 1.82) is 0 Å². The molecule has 104 valence electrons. The first-order valence-electron chi connectivity index (χ1n) is 7.16. The lowest BCUT2D eigenvalue weighted by atomic mass is 10.1. The van der Waals surface area contributed by atoms with E-state index in [0.717, 1.165) is 29.7 Å². The Kier molecular flexibility index (Phi) is 2.74. The molecule has 0 unspecified atom stereocenters. The first-order chi connectivity index (χ1) is 10.3. The number of rotatable bonds is 3. The molecule has 21 heavy (non-hydrogen) atoms. The van der Waals surface area contributed by atoms with Crippen molar-refractivity contribution in [2.75, 3.05) is 0 Å². The predicted molar refractivity (Wildman–Crippen MR) is 81.1 cm³/mol. The molecule has 0 bridgehead atoms. The number of fused-ring (bicyclic) bond motifs is 1. The van der Waals surface area contributed by atoms with Crippen molar-refractivity contribution in [1.82, 2.24) is 14.7 Å². The van der Waals surface area contributed by atoms with Crippen LogP contribution in [0.1, 0.15) is 23.3 Å². The van der Waals surface area contributed by atoms with E-state index in [9.17, 15) is 4.79 Å². The fourth-order valence-corrected chi connectivity index (χ4v) is 2.49. The normalized spacial score (nSPS) is 14.3. The third-order valence-electron chi connectivity index (χ3n) is 3.70. The van der Waals surface area contributed by atoms with Gasteiger partial charge in [0.1, 0.15) is 17.0 Å². The maximum atomic E-state index is 12.6. The zero-order valence-electron chi connectivity index (χ0n) is 11.5. The Labute approximate surface area is 122 Å². The molecule has 1 saturated carbocycles. The van der Waals surface area contributed by atoms with Crippen LogP contribution in [0.15, 0.2) is 54.7 Å². The van der Waals surface area contributed by atoms with E-state index in [1.807, 2.05) is 59.1 Å². The number of nitrogens with zero attached hydrogens (tertiary/aromatic N) is 2. The van der Waals surface area contributed by atoms with Crippen LogP contribution in [0.3, 0.4) is 0 Å². The second-order valence-corrected chi connectivity index (χ2v) is 5.35. The van der Waals surface area contributed by atoms with Gasteiger partial charge in [0.05, 0.1) is 0 Å². The molecule has 1 aliphatic rings. The number of pyridine rings is 1. The largest absolute Gasteiger partial charge is 0.348 e. The van der Waals surface area contributed by atoms with Crippen LogP contribution in [-0.4, -0.2) is 21.3 Å². The van der Waals surface area contributed by atoms with Gasteiger partial charge < -0.3 is 5.32 Å². The third-order valence-corrected chi connectivity index (χ3v) is 3.70. The monoisotopic (exact) mass is 277 g/mol. The molecule has 1 N–H and O–H groups in total. The number of benzene rings is 1. The van der Waals surface area contributed by atoms with Crippen LogP contribution in [0.5, 0.6) is 0 Å². The van der Waals surface area contributed by atoms with Gasteiger partial charge in [-0.1, -0.05) is 36.4 Å². The van der Waals surface area contributed by atoms with E-state index in [1.54, 1.807) is 0 Å². The summed E-state index contributed by atoms with van der Waals surface area (Å²) in [5.41, 5.74) is 3.10. The smallest absolute Gasteiger partial charge is 0.270 e. The summed E-state index contributed by atoms with van der Waals surface area (Å²) in [5.74, 6) is -0.0462. The third kappa shape index (κ3) is 2.18. The van der Waals surface area contributed by atoms with Crippen LogP contribution in [-0.2, 0) is 0 Å². The molecule has 4 heteroatoms. The zero-order chi connectivity index (χ0) is 14.2. The summed E-state index contributed by atoms with van der Waals surface area (Å²) in [6, 6.07) is 15.9. The summed E-state index contributed by atoms with van der Waals surface area (Å²) in [6.07, 6.45) is 4.03. The van der Waals surface area contributed by atoms with Crippen molar-refractivity contribution in [2.24, 2.45) is 0 Å². The molecule has 1 aliphatic carbocycles. The van der Waals surface area contributed by atoms with Gasteiger partial charge in [0.15, 0.2) is 0 Å². The lowest BCUT2D eigenvalue weighted by Gasteiger charge is -2.06. The Morgan fingerprint density at radius 2 is 1.86 bits per heavy atom. The Bertz CT molecular complexity index is 803. The molecule has 2 aromatic heterocycles. The number of amides is 1. The number of hydrogen-bond donors (Lipinski definition) is 1. The number of nitrogens with one attached hydrogen (secondary N) is 1. The molecule has 1 amide bonds. The fourth-order valence-electron chi connectivity index (χ4n) is 2.49. The van der Waals surface area contributed by atoms with Gasteiger partial charge >= 0.3 is 0 Å². The second-order valence-electron chi connectivity index (χ2n) is 5.35. The van der Waals surface area contributed by atoms with Gasteiger partial charge in [-0.3, -0.25) is 9.20 Å². The maximum Gasteiger partial charge on any atom is 0.270 e. The number of carbonyl (C=O) groups excluding carboxylic acids is 1. The minimum atomic E-state index is -0.0462. The highest BCUT2D eigenvalue weighted by molar-refractivity contribution is 6.00. The molecule has 3 aromatic rings. The standard InChI is InChI=1S/C17H15N3O/c21-17(18-13-9-10-13)16-15(12-6-2-1-3-7-12)19-14-8-4-5-11-20(14)16/h1-8,11,13H,9-10H2,(H,18,21). The summed E-state index contributed by atoms with van der Waals surface area (Å²) >= 11 is 0. The molecule has 2 heterocycles. The molecule has 0 radical (unpaired) electrons. The number of imidazole rings is 1. The van der Waals surface area contributed by atoms with Gasteiger partial charge in [-0.15, -0.1) is 0 Å². The quantitative estimate of drug-likeness (QED) is 0.800. The molecular weight excluding hydrogens is 262 g/mol. The van der Waals surface area contributed by atoms with Crippen LogP contribution in [0, 0.1) is 0 Å². The van der Waals surface area contributed by atoms with E-state index in [2.05, 4.69) is 10.3 Å². The molecule has 0 atom stereocenters. The Balaban J connectivity index is 1.90. The van der Waals surface area contributed by atoms with Gasteiger partial charge in [-0.05, 0) is 25.0 Å². The van der Waals surface area contributed by atoms with Gasteiger partial charge in [0, 0.05) is 17.8 Å². The summed E-state index contributed by atoms with van der Waals surface area (Å²) in [4.78, 5) is 17.2. The minimum Gasteiger partial charge on any atom is -0.348 e. The second kappa shape index (κ2) is 4.74. The van der Waals surface area contributed by atoms with E-state index in [1.165, 1.54) is 0 Å². The van der Waals surface area contributed by atoms with Crippen LogP contribution in [0.25, 0.3) is 16.9 Å². The van der Waals surface area contributed by atoms with Crippen LogP contribution in [0.4, 0.5) is 0 Å². The summed E-state index contributed by atoms with van der Waals surface area (Å²) in [7, 11) is 0. The highest BCUT2D eigenvalue weighted by Gasteiger charge is 2.27. The number of aromatic nitrogens is 2. The van der Waals surface area contributed by atoms with Gasteiger partial charge in [0.25, 0.3) is 5.91 Å². The van der Waals surface area contributed by atoms with Gasteiger partial charge in [-0.2, -0.15) is 0 Å². The van der Waals surface area contributed by atoms with E-state index in [4.69, 9.17) is 0 Å². The molecule has 1 aromatic carbocycles. The predicted octanol–water partition coefficient (Wildman–Crippen LogP) is 2.89. The Morgan fingerprint density at radius 3 is 2.62 bits per heavy atom. The molecule has 4 nitrogen and oxygen atoms in total. The molecular formula is C17H15N3O. The average molecular weight is 277 g/mol. The van der Waals surface area contributed by atoms with Crippen molar-refractivity contribution >= 4 is 11.6 Å². The van der Waals surface area contributed by atoms with Crippen LogP contribution in [0.2, 0.25) is 0 Å². The zero-order valence-corrected chi connectivity index (χ0v) is 11.5. The first-order valence-corrected chi connectivity index (χ1v) is 7.16. The maximum absolute atomic E-state index is 12.6. The number of hydrogen-bond acceptors (Lipinski definition) is 2. The van der Waals surface area contributed by atoms with Crippen molar-refractivity contribution in [3.63, 3.8) is 0 Å². The molecule has 0 saturated heterocycles. The van der Waals surface area contributed by atoms with E-state index in [0.29, 0.717) is 11.7 Å². The average Bonchev–Trinajstić information content (AvgIpc) is 3.24. The van der Waals surface area contributed by atoms with E-state index in [-0.39, 0.29) is 5.91 Å². The highest BCUT2D eigenvalue weighted by atomic mass is 16.2. The minimum absolute atomic E-state index is 0.0462. The Morgan fingerprint density at radius 1 is 1.10 bits per heavy atom. The lowest BCUT2D eigenvalue weighted by molar-refractivity contribution is 0.0946. The SMILES string of the molecule is O=C(NC1CC1)c1c(-c2ccccc2)nc2ccccn12. The van der Waals surface area contributed by atoms with Crippen molar-refractivity contribution in [3.05, 3.63) is 60.4 Å². The number of carbonyl (C=O) groups is 1. The van der Waals surface area contributed by atoms with Gasteiger partial charge in [-0.25, -0.2) is 4.98 Å². The van der Waals surface area contributed by atoms with Gasteiger partial charge in [0.2, 0.25) is 0 Å². The van der Waals surface area contributed by atoms with Crippen molar-refractivity contribution < 1.29 is 4.79 Å². The van der Waals surface area contributed by atoms with Crippen molar-refractivity contribution in [2.45, 2.75) is 18.9 Å². The highest BCUT2D eigenvalue weighted by Crippen LogP contribution is 2.26. The molecule has 0 aliphatic heterocycles. The molecule has 1 fully saturated rings. The summed E-state index contributed by atoms with van der Waals surface area (Å²) in [5, 5.41) is 3.06. The van der Waals surface area contributed by atoms with Crippen LogP contribution < -0.4 is 5.32 Å². The van der Waals surface area contributed by atoms with E-state index < -0.39 is 0 Å². The summed E-state index contributed by atoms with van der Waals surface area (Å²) < 4.78 is 1.86. The van der Waals surface area contributed by atoms with Crippen LogP contribution >= 0.6 is 0 Å². The first kappa shape index (κ1) is 12.1. The summed E-state index contributed by atoms with van der Waals surface area (Å²) in [6.45, 7) is 0. The molecule has 4 rings (SSSR count). The topological polar surface area (TPSA) is 46.4 Å².